The molecule has 0 aromatic heterocycles. The number of fused-ring (bicyclic) bond motifs is 6. The van der Waals surface area contributed by atoms with Crippen LogP contribution in [-0.2, 0) is 51.2 Å². The monoisotopic (exact) mass is 798 g/mol. The predicted octanol–water partition coefficient (Wildman–Crippen LogP) is 5.58. The first kappa shape index (κ1) is 46.3. The van der Waals surface area contributed by atoms with Gasteiger partial charge in [0.15, 0.2) is 0 Å². The maximum absolute atomic E-state index is 3.30. The van der Waals surface area contributed by atoms with E-state index < -0.39 is 0 Å². The summed E-state index contributed by atoms with van der Waals surface area (Å²) in [5, 5.41) is 0. The fourth-order valence-electron chi connectivity index (χ4n) is 5.48. The molecule has 0 saturated carbocycles. The van der Waals surface area contributed by atoms with Crippen LogP contribution >= 0.6 is 0 Å². The van der Waals surface area contributed by atoms with Crippen molar-refractivity contribution in [3.63, 3.8) is 0 Å². The van der Waals surface area contributed by atoms with Crippen molar-refractivity contribution in [1.29, 1.82) is 0 Å². The van der Waals surface area contributed by atoms with Gasteiger partial charge in [-0.05, 0) is 12.8 Å². The topological polar surface area (TPSA) is 0 Å². The van der Waals surface area contributed by atoms with E-state index in [0.717, 1.165) is 12.8 Å². The number of rotatable bonds is 0. The van der Waals surface area contributed by atoms with Crippen LogP contribution in [-0.4, -0.2) is 12.4 Å². The third kappa shape index (κ3) is 16.3. The van der Waals surface area contributed by atoms with Gasteiger partial charge in [0, 0.05) is 0 Å². The normalized spacial score (nSPS) is 15.4. The summed E-state index contributed by atoms with van der Waals surface area (Å²) >= 11 is 4.54. The molecule has 4 aliphatic carbocycles. The molecule has 0 bridgehead atoms. The van der Waals surface area contributed by atoms with Crippen LogP contribution in [0.15, 0.2) is 120 Å². The van der Waals surface area contributed by atoms with E-state index in [9.17, 15) is 0 Å². The first-order valence-corrected chi connectivity index (χ1v) is 26.4. The Hall–Kier alpha value is -1.72. The molecule has 0 N–H and O–H groups in total. The zero-order valence-corrected chi connectivity index (χ0v) is 37.4. The third-order valence-electron chi connectivity index (χ3n) is 7.41. The molecule has 0 nitrogen and oxygen atoms in total. The van der Waals surface area contributed by atoms with Crippen LogP contribution in [0.1, 0.15) is 49.9 Å². The number of hydrogen-bond donors (Lipinski definition) is 0. The van der Waals surface area contributed by atoms with Crippen LogP contribution in [0.3, 0.4) is 0 Å². The summed E-state index contributed by atoms with van der Waals surface area (Å²) in [5.74, 6) is 1.11. The molecule has 0 fully saturated rings. The summed E-state index contributed by atoms with van der Waals surface area (Å²) in [5.41, 5.74) is 13.6. The summed E-state index contributed by atoms with van der Waals surface area (Å²) in [6, 6.07) is 36.2. The van der Waals surface area contributed by atoms with Gasteiger partial charge >= 0.3 is 76.9 Å². The molecule has 0 heterocycles. The van der Waals surface area contributed by atoms with Gasteiger partial charge < -0.3 is 24.8 Å². The Labute approximate surface area is 340 Å². The minimum absolute atomic E-state index is 0. The van der Waals surface area contributed by atoms with Crippen molar-refractivity contribution in [3.05, 3.63) is 167 Å². The Morgan fingerprint density at radius 1 is 0.540 bits per heavy atom. The molecule has 4 aliphatic rings. The van der Waals surface area contributed by atoms with Crippen molar-refractivity contribution in [2.75, 3.05) is 0 Å². The number of benzene rings is 4. The maximum atomic E-state index is 3.30. The second-order valence-electron chi connectivity index (χ2n) is 12.7. The number of hydrogen-bond acceptors (Lipinski definition) is 0. The van der Waals surface area contributed by atoms with Crippen molar-refractivity contribution in [3.8, 4) is 22.3 Å². The zero-order valence-electron chi connectivity index (χ0n) is 30.7. The van der Waals surface area contributed by atoms with E-state index in [4.69, 9.17) is 0 Å². The van der Waals surface area contributed by atoms with Crippen LogP contribution in [0.4, 0.5) is 0 Å². The molecule has 50 heavy (non-hydrogen) atoms. The molecular weight excluding hydrogens is 751 g/mol. The van der Waals surface area contributed by atoms with E-state index >= 15 is 0 Å². The largest absolute Gasteiger partial charge is 1.00 e. The van der Waals surface area contributed by atoms with E-state index in [0.29, 0.717) is 11.8 Å². The predicted molar refractivity (Wildman–Crippen MR) is 203 cm³/mol. The maximum Gasteiger partial charge on any atom is -0.0253 e. The molecule has 0 radical (unpaired) electrons. The molecule has 2 atom stereocenters. The molecule has 0 spiro atoms. The Morgan fingerprint density at radius 3 is 1.14 bits per heavy atom. The van der Waals surface area contributed by atoms with Gasteiger partial charge in [-0.25, -0.2) is 23.3 Å². The summed E-state index contributed by atoms with van der Waals surface area (Å²) in [6.45, 7) is 17.5. The van der Waals surface area contributed by atoms with E-state index in [1.165, 1.54) is 55.7 Å². The molecule has 0 aliphatic heterocycles. The molecule has 0 amide bonds. The molecule has 4 aromatic carbocycles. The Balaban J connectivity index is 0.000000317. The first-order chi connectivity index (χ1) is 22.9. The van der Waals surface area contributed by atoms with Crippen molar-refractivity contribution >= 4 is 12.4 Å². The fourth-order valence-corrected chi connectivity index (χ4v) is 5.48. The Bertz CT molecular complexity index is 1590. The van der Waals surface area contributed by atoms with E-state index in [2.05, 4.69) is 214 Å². The van der Waals surface area contributed by atoms with Gasteiger partial charge in [-0.3, -0.25) is 12.2 Å². The second-order valence-corrected chi connectivity index (χ2v) is 26.1. The van der Waals surface area contributed by atoms with E-state index in [1.807, 2.05) is 12.1 Å². The smallest absolute Gasteiger partial charge is 0.0253 e. The minimum Gasteiger partial charge on any atom is -1.00 e. The summed E-state index contributed by atoms with van der Waals surface area (Å²) in [6.07, 6.45) is 17.3. The van der Waals surface area contributed by atoms with Crippen LogP contribution in [0.2, 0.25) is 26.2 Å². The molecule has 256 valence electrons. The SMILES string of the molecule is CC1=[C-]C(C)C=C1.CC1=[C-]C(C)C=C1.C[Si](C)=[Ti+2].C[Si](C)=[Ti+2].[Cl-].[Cl-].[c-]1cccc2c1Cc1ccccc1-2.[c-]1cccc2c1Cc1ccccc1-2. The van der Waals surface area contributed by atoms with Crippen molar-refractivity contribution in [1.82, 2.24) is 0 Å². The van der Waals surface area contributed by atoms with Crippen molar-refractivity contribution < 1.29 is 63.2 Å². The third-order valence-corrected chi connectivity index (χ3v) is 7.41. The molecule has 4 aromatic rings. The summed E-state index contributed by atoms with van der Waals surface area (Å²) < 4.78 is 0. The molecule has 2 unspecified atom stereocenters. The van der Waals surface area contributed by atoms with E-state index in [1.54, 1.807) is 0 Å². The standard InChI is InChI=1S/2C13H9.2C7H9.2C2H6Si.2ClH.2Ti/c2*1-3-7-12-10(5-1)9-11-6-2-4-8-13(11)12;2*1-6-3-4-7(2)5-6;2*1-3-2;;;;/h2*1-5,7-8H,9H2;2*3-4,6H,1-2H3;2*1-2H3;2*1H;;/q4*-1;;;;;2*+2/p-2. The second kappa shape index (κ2) is 24.5. The molecule has 6 heteroatoms. The minimum atomic E-state index is 0. The van der Waals surface area contributed by atoms with Crippen LogP contribution in [0.5, 0.6) is 0 Å². The van der Waals surface area contributed by atoms with Gasteiger partial charge in [-0.2, -0.15) is 71.8 Å². The van der Waals surface area contributed by atoms with Crippen molar-refractivity contribution in [2.24, 2.45) is 11.8 Å². The average molecular weight is 800 g/mol. The fraction of sp³-hybridized carbons (Fsp3) is 0.273. The van der Waals surface area contributed by atoms with Gasteiger partial charge in [0.05, 0.1) is 0 Å². The Kier molecular flexibility index (Phi) is 22.7. The van der Waals surface area contributed by atoms with Gasteiger partial charge in [-0.1, -0.05) is 110 Å². The van der Waals surface area contributed by atoms with Crippen LogP contribution < -0.4 is 24.8 Å². The van der Waals surface area contributed by atoms with Crippen molar-refractivity contribution in [2.45, 2.75) is 66.7 Å². The van der Waals surface area contributed by atoms with Gasteiger partial charge in [0.1, 0.15) is 0 Å². The van der Waals surface area contributed by atoms with E-state index in [-0.39, 0.29) is 37.2 Å². The Morgan fingerprint density at radius 2 is 0.860 bits per heavy atom. The van der Waals surface area contributed by atoms with Crippen LogP contribution in [0.25, 0.3) is 22.3 Å². The van der Waals surface area contributed by atoms with Crippen LogP contribution in [0, 0.1) is 36.1 Å². The van der Waals surface area contributed by atoms with Gasteiger partial charge in [-0.15, -0.1) is 11.1 Å². The molecular formula is C44H48Cl2Si2Ti2-2. The molecule has 8 rings (SSSR count). The number of halogens is 2. The van der Waals surface area contributed by atoms with Gasteiger partial charge in [0.25, 0.3) is 0 Å². The summed E-state index contributed by atoms with van der Waals surface area (Å²) in [7, 11) is 0. The summed E-state index contributed by atoms with van der Waals surface area (Å²) in [4.78, 5) is 0. The molecule has 0 saturated heterocycles. The quantitative estimate of drug-likeness (QED) is 0.139. The number of allylic oxidation sites excluding steroid dienone is 8. The zero-order chi connectivity index (χ0) is 35.1. The first-order valence-electron chi connectivity index (χ1n) is 16.7. The average Bonchev–Trinajstić information content (AvgIpc) is 3.82. The van der Waals surface area contributed by atoms with Gasteiger partial charge in [0.2, 0.25) is 0 Å².